The van der Waals surface area contributed by atoms with Crippen LogP contribution in [0.4, 0.5) is 0 Å². The number of hydrogen-bond acceptors (Lipinski definition) is 3. The van der Waals surface area contributed by atoms with E-state index in [9.17, 15) is 9.90 Å². The Hall–Kier alpha value is -1.35. The Morgan fingerprint density at radius 2 is 2.09 bits per heavy atom. The van der Waals surface area contributed by atoms with E-state index in [0.717, 1.165) is 6.42 Å². The summed E-state index contributed by atoms with van der Waals surface area (Å²) in [4.78, 5) is 11.7. The minimum Gasteiger partial charge on any atom is -0.429 e. The van der Waals surface area contributed by atoms with Crippen molar-refractivity contribution < 1.29 is 14.6 Å². The summed E-state index contributed by atoms with van der Waals surface area (Å²) in [5, 5.41) is 9.39. The average molecular weight is 316 g/mol. The quantitative estimate of drug-likeness (QED) is 0.615. The van der Waals surface area contributed by atoms with Crippen LogP contribution >= 0.6 is 0 Å². The molecule has 0 aromatic rings. The predicted octanol–water partition coefficient (Wildman–Crippen LogP) is 4.14. The van der Waals surface area contributed by atoms with Crippen molar-refractivity contribution in [3.8, 4) is 0 Å². The van der Waals surface area contributed by atoms with Crippen LogP contribution in [-0.4, -0.2) is 17.4 Å². The molecule has 4 atom stereocenters. The molecule has 0 saturated heterocycles. The van der Waals surface area contributed by atoms with E-state index in [0.29, 0.717) is 16.9 Å². The van der Waals surface area contributed by atoms with Gasteiger partial charge in [0.15, 0.2) is 0 Å². The largest absolute Gasteiger partial charge is 0.429 e. The van der Waals surface area contributed by atoms with Gasteiger partial charge >= 0.3 is 5.97 Å². The highest BCUT2D eigenvalue weighted by atomic mass is 16.6. The van der Waals surface area contributed by atoms with Crippen molar-refractivity contribution in [3.63, 3.8) is 0 Å². The molecule has 0 radical (unpaired) electrons. The molecule has 0 bridgehead atoms. The van der Waals surface area contributed by atoms with Gasteiger partial charge in [-0.2, -0.15) is 0 Å². The van der Waals surface area contributed by atoms with E-state index in [4.69, 9.17) is 4.74 Å². The summed E-state index contributed by atoms with van der Waals surface area (Å²) in [5.41, 5.74) is 2.29. The Kier molecular flexibility index (Phi) is 4.04. The SMILES string of the molecule is C=C1CCC2C(C)(C)CCCC2(C)C1C=CC1=CC(O)OC1=O. The standard InChI is InChI=1S/C20H28O3/c1-13-6-9-16-19(2,3)10-5-11-20(16,4)15(13)8-7-14-12-17(21)23-18(14)22/h7-8,12,15-17,21H,1,5-6,9-11H2,2-4H3. The van der Waals surface area contributed by atoms with Crippen LogP contribution in [0.2, 0.25) is 0 Å². The fourth-order valence-corrected chi connectivity index (χ4v) is 5.32. The zero-order valence-electron chi connectivity index (χ0n) is 14.5. The molecule has 3 nitrogen and oxygen atoms in total. The Morgan fingerprint density at radius 1 is 1.35 bits per heavy atom. The molecule has 0 amide bonds. The smallest absolute Gasteiger partial charge is 0.340 e. The minimum atomic E-state index is -1.10. The lowest BCUT2D eigenvalue weighted by molar-refractivity contribution is -0.150. The topological polar surface area (TPSA) is 46.5 Å². The van der Waals surface area contributed by atoms with Crippen LogP contribution in [0.25, 0.3) is 0 Å². The van der Waals surface area contributed by atoms with Gasteiger partial charge in [0, 0.05) is 5.92 Å². The number of aliphatic hydroxyl groups excluding tert-OH is 1. The molecule has 0 aromatic heterocycles. The van der Waals surface area contributed by atoms with Crippen molar-refractivity contribution in [2.75, 3.05) is 0 Å². The fraction of sp³-hybridized carbons (Fsp3) is 0.650. The Bertz CT molecular complexity index is 584. The maximum absolute atomic E-state index is 11.7. The first-order chi connectivity index (χ1) is 10.7. The molecular weight excluding hydrogens is 288 g/mol. The van der Waals surface area contributed by atoms with Crippen LogP contribution in [0.5, 0.6) is 0 Å². The van der Waals surface area contributed by atoms with E-state index in [1.807, 2.05) is 6.08 Å². The zero-order chi connectivity index (χ0) is 16.8. The van der Waals surface area contributed by atoms with Crippen LogP contribution in [0.15, 0.2) is 36.0 Å². The maximum atomic E-state index is 11.7. The van der Waals surface area contributed by atoms with Crippen molar-refractivity contribution in [1.29, 1.82) is 0 Å². The molecular formula is C20H28O3. The van der Waals surface area contributed by atoms with Gasteiger partial charge in [-0.25, -0.2) is 4.79 Å². The summed E-state index contributed by atoms with van der Waals surface area (Å²) >= 11 is 0. The lowest BCUT2D eigenvalue weighted by Gasteiger charge is -2.57. The van der Waals surface area contributed by atoms with Crippen molar-refractivity contribution in [2.24, 2.45) is 22.7 Å². The van der Waals surface area contributed by atoms with Gasteiger partial charge < -0.3 is 9.84 Å². The van der Waals surface area contributed by atoms with Crippen molar-refractivity contribution in [3.05, 3.63) is 36.0 Å². The molecule has 0 aromatic carbocycles. The first-order valence-electron chi connectivity index (χ1n) is 8.71. The van der Waals surface area contributed by atoms with Gasteiger partial charge in [-0.1, -0.05) is 51.5 Å². The Balaban J connectivity index is 1.89. The zero-order valence-corrected chi connectivity index (χ0v) is 14.5. The number of ether oxygens (including phenoxy) is 1. The number of fused-ring (bicyclic) bond motifs is 1. The third-order valence-electron chi connectivity index (χ3n) is 6.43. The van der Waals surface area contributed by atoms with Crippen LogP contribution in [-0.2, 0) is 9.53 Å². The highest BCUT2D eigenvalue weighted by molar-refractivity contribution is 5.93. The van der Waals surface area contributed by atoms with Gasteiger partial charge in [0.2, 0.25) is 6.29 Å². The molecule has 2 fully saturated rings. The van der Waals surface area contributed by atoms with Gasteiger partial charge in [0.1, 0.15) is 0 Å². The van der Waals surface area contributed by atoms with Crippen LogP contribution in [0.1, 0.15) is 52.9 Å². The fourth-order valence-electron chi connectivity index (χ4n) is 5.32. The van der Waals surface area contributed by atoms with Gasteiger partial charge in [0.25, 0.3) is 0 Å². The second-order valence-electron chi connectivity index (χ2n) is 8.35. The lowest BCUT2D eigenvalue weighted by atomic mass is 9.47. The van der Waals surface area contributed by atoms with E-state index in [1.165, 1.54) is 37.3 Å². The molecule has 2 aliphatic carbocycles. The summed E-state index contributed by atoms with van der Waals surface area (Å²) < 4.78 is 4.76. The molecule has 3 rings (SSSR count). The Morgan fingerprint density at radius 3 is 2.74 bits per heavy atom. The van der Waals surface area contributed by atoms with Crippen molar-refractivity contribution in [2.45, 2.75) is 59.2 Å². The second-order valence-corrected chi connectivity index (χ2v) is 8.35. The highest BCUT2D eigenvalue weighted by Crippen LogP contribution is 2.61. The van der Waals surface area contributed by atoms with Gasteiger partial charge in [-0.15, -0.1) is 0 Å². The predicted molar refractivity (Wildman–Crippen MR) is 90.4 cm³/mol. The Labute approximate surface area is 139 Å². The summed E-state index contributed by atoms with van der Waals surface area (Å²) in [5.74, 6) is 0.520. The van der Waals surface area contributed by atoms with Gasteiger partial charge in [-0.3, -0.25) is 0 Å². The molecule has 2 saturated carbocycles. The third kappa shape index (κ3) is 2.80. The summed E-state index contributed by atoms with van der Waals surface area (Å²) in [6.45, 7) is 11.5. The second kappa shape index (κ2) is 5.62. The molecule has 23 heavy (non-hydrogen) atoms. The number of rotatable bonds is 2. The molecule has 1 heterocycles. The number of aliphatic hydroxyl groups is 1. The number of allylic oxidation sites excluding steroid dienone is 2. The van der Waals surface area contributed by atoms with Gasteiger partial charge in [0.05, 0.1) is 5.57 Å². The third-order valence-corrected chi connectivity index (χ3v) is 6.43. The van der Waals surface area contributed by atoms with E-state index in [1.54, 1.807) is 0 Å². The first kappa shape index (κ1) is 16.5. The maximum Gasteiger partial charge on any atom is 0.340 e. The van der Waals surface area contributed by atoms with Crippen LogP contribution < -0.4 is 0 Å². The van der Waals surface area contributed by atoms with Gasteiger partial charge in [-0.05, 0) is 48.5 Å². The van der Waals surface area contributed by atoms with E-state index in [2.05, 4.69) is 33.4 Å². The minimum absolute atomic E-state index is 0.204. The number of hydrogen-bond donors (Lipinski definition) is 1. The summed E-state index contributed by atoms with van der Waals surface area (Å²) in [6.07, 6.45) is 10.3. The van der Waals surface area contributed by atoms with Crippen molar-refractivity contribution >= 4 is 5.97 Å². The summed E-state index contributed by atoms with van der Waals surface area (Å²) in [6, 6.07) is 0. The molecule has 126 valence electrons. The monoisotopic (exact) mass is 316 g/mol. The lowest BCUT2D eigenvalue weighted by Crippen LogP contribution is -2.48. The molecule has 3 aliphatic rings. The van der Waals surface area contributed by atoms with Crippen LogP contribution in [0, 0.1) is 22.7 Å². The van der Waals surface area contributed by atoms with E-state index in [-0.39, 0.29) is 11.3 Å². The number of esters is 1. The van der Waals surface area contributed by atoms with E-state index >= 15 is 0 Å². The normalized spacial score (nSPS) is 40.0. The molecule has 1 aliphatic heterocycles. The highest BCUT2D eigenvalue weighted by Gasteiger charge is 2.52. The number of carbonyl (C=O) groups excluding carboxylic acids is 1. The molecule has 4 unspecified atom stereocenters. The molecule has 3 heteroatoms. The molecule has 1 N–H and O–H groups in total. The number of cyclic esters (lactones) is 1. The number of carbonyl (C=O) groups is 1. The first-order valence-corrected chi connectivity index (χ1v) is 8.71. The van der Waals surface area contributed by atoms with Crippen LogP contribution in [0.3, 0.4) is 0 Å². The van der Waals surface area contributed by atoms with E-state index < -0.39 is 12.3 Å². The molecule has 0 spiro atoms. The summed E-state index contributed by atoms with van der Waals surface area (Å²) in [7, 11) is 0. The van der Waals surface area contributed by atoms with Crippen molar-refractivity contribution in [1.82, 2.24) is 0 Å². The average Bonchev–Trinajstić information content (AvgIpc) is 2.75.